The monoisotopic (exact) mass is 265 g/mol. The molecule has 2 aromatic rings. The van der Waals surface area contributed by atoms with E-state index in [0.717, 1.165) is 0 Å². The fraction of sp³-hybridized carbons (Fsp3) is 0. The van der Waals surface area contributed by atoms with Crippen molar-refractivity contribution >= 4 is 27.5 Å². The summed E-state index contributed by atoms with van der Waals surface area (Å²) in [5, 5.41) is 0. The molecule has 94 valence electrons. The molecule has 0 saturated heterocycles. The van der Waals surface area contributed by atoms with E-state index in [2.05, 4.69) is 14.7 Å². The van der Waals surface area contributed by atoms with E-state index in [9.17, 15) is 8.42 Å². The minimum absolute atomic E-state index is 0.0720. The highest BCUT2D eigenvalue weighted by molar-refractivity contribution is 7.92. The lowest BCUT2D eigenvalue weighted by molar-refractivity contribution is 0.601. The van der Waals surface area contributed by atoms with Crippen LogP contribution in [0, 0.1) is 0 Å². The van der Waals surface area contributed by atoms with E-state index >= 15 is 0 Å². The Labute approximate surface area is 104 Å². The second-order valence-corrected chi connectivity index (χ2v) is 5.16. The van der Waals surface area contributed by atoms with E-state index in [0.29, 0.717) is 5.69 Å². The summed E-state index contributed by atoms with van der Waals surface area (Å²) in [6.45, 7) is 0. The van der Waals surface area contributed by atoms with E-state index in [1.165, 1.54) is 36.5 Å². The highest BCUT2D eigenvalue weighted by Crippen LogP contribution is 2.14. The van der Waals surface area contributed by atoms with Crippen molar-refractivity contribution in [2.24, 2.45) is 0 Å². The van der Waals surface area contributed by atoms with E-state index in [1.54, 1.807) is 0 Å². The normalized spacial score (nSPS) is 11.1. The van der Waals surface area contributed by atoms with Gasteiger partial charge in [0.1, 0.15) is 5.82 Å². The third-order valence-electron chi connectivity index (χ3n) is 2.09. The molecule has 5 N–H and O–H groups in total. The minimum atomic E-state index is -3.73. The summed E-state index contributed by atoms with van der Waals surface area (Å²) < 4.78 is 26.1. The van der Waals surface area contributed by atoms with Crippen LogP contribution in [-0.2, 0) is 10.0 Å². The molecule has 1 aromatic heterocycles. The van der Waals surface area contributed by atoms with Gasteiger partial charge in [-0.15, -0.1) is 0 Å². The van der Waals surface area contributed by atoms with Gasteiger partial charge in [-0.2, -0.15) is 4.98 Å². The molecule has 18 heavy (non-hydrogen) atoms. The molecular formula is C10H11N5O2S. The quantitative estimate of drug-likeness (QED) is 0.692. The molecule has 0 spiro atoms. The van der Waals surface area contributed by atoms with Crippen LogP contribution < -0.4 is 16.2 Å². The van der Waals surface area contributed by atoms with Gasteiger partial charge in [-0.25, -0.2) is 18.1 Å². The maximum atomic E-state index is 12.0. The number of nitrogens with two attached hydrogens (primary N) is 2. The number of hydrogen-bond donors (Lipinski definition) is 3. The molecule has 0 amide bonds. The Kier molecular flexibility index (Phi) is 3.02. The van der Waals surface area contributed by atoms with Gasteiger partial charge in [-0.3, -0.25) is 0 Å². The predicted molar refractivity (Wildman–Crippen MR) is 68.1 cm³/mol. The molecule has 8 heteroatoms. The highest BCUT2D eigenvalue weighted by Gasteiger charge is 2.15. The lowest BCUT2D eigenvalue weighted by atomic mass is 10.3. The molecule has 0 aliphatic carbocycles. The summed E-state index contributed by atoms with van der Waals surface area (Å²) in [5.41, 5.74) is 11.4. The van der Waals surface area contributed by atoms with Gasteiger partial charge in [0.25, 0.3) is 10.0 Å². The van der Waals surface area contributed by atoms with Crippen LogP contribution in [0.4, 0.5) is 17.5 Å². The van der Waals surface area contributed by atoms with E-state index in [1.807, 2.05) is 0 Å². The molecule has 0 aliphatic heterocycles. The van der Waals surface area contributed by atoms with Gasteiger partial charge in [0, 0.05) is 11.9 Å². The molecule has 0 fully saturated rings. The molecule has 0 saturated carbocycles. The molecule has 0 atom stereocenters. The van der Waals surface area contributed by atoms with Crippen LogP contribution >= 0.6 is 0 Å². The van der Waals surface area contributed by atoms with Gasteiger partial charge < -0.3 is 11.5 Å². The molecule has 1 aromatic carbocycles. The lowest BCUT2D eigenvalue weighted by Gasteiger charge is -2.06. The van der Waals surface area contributed by atoms with Crippen molar-refractivity contribution in [2.45, 2.75) is 4.90 Å². The maximum absolute atomic E-state index is 12.0. The SMILES string of the molecule is Nc1ccc(S(=O)(=O)Nc2nccc(N)n2)cc1. The van der Waals surface area contributed by atoms with Crippen molar-refractivity contribution in [3.8, 4) is 0 Å². The molecule has 0 unspecified atom stereocenters. The van der Waals surface area contributed by atoms with E-state index in [4.69, 9.17) is 11.5 Å². The van der Waals surface area contributed by atoms with Crippen LogP contribution in [0.15, 0.2) is 41.4 Å². The molecule has 7 nitrogen and oxygen atoms in total. The van der Waals surface area contributed by atoms with Crippen molar-refractivity contribution in [1.82, 2.24) is 9.97 Å². The van der Waals surface area contributed by atoms with Crippen LogP contribution in [0.25, 0.3) is 0 Å². The smallest absolute Gasteiger partial charge is 0.264 e. The fourth-order valence-corrected chi connectivity index (χ4v) is 2.20. The van der Waals surface area contributed by atoms with E-state index < -0.39 is 10.0 Å². The van der Waals surface area contributed by atoms with Crippen molar-refractivity contribution in [1.29, 1.82) is 0 Å². The second-order valence-electron chi connectivity index (χ2n) is 3.48. The number of rotatable bonds is 3. The Morgan fingerprint density at radius 1 is 1.06 bits per heavy atom. The summed E-state index contributed by atoms with van der Waals surface area (Å²) in [6, 6.07) is 7.23. The maximum Gasteiger partial charge on any atom is 0.264 e. The fourth-order valence-electron chi connectivity index (χ4n) is 1.25. The van der Waals surface area contributed by atoms with Gasteiger partial charge in [0.05, 0.1) is 4.90 Å². The average Bonchev–Trinajstić information content (AvgIpc) is 2.29. The van der Waals surface area contributed by atoms with Crippen LogP contribution in [-0.4, -0.2) is 18.4 Å². The summed E-state index contributed by atoms with van der Waals surface area (Å²) in [4.78, 5) is 7.59. The summed E-state index contributed by atoms with van der Waals surface area (Å²) in [5.74, 6) is 0.104. The third kappa shape index (κ3) is 2.66. The Hall–Kier alpha value is -2.35. The number of anilines is 3. The standard InChI is InChI=1S/C10H11N5O2S/c11-7-1-3-8(4-2-7)18(16,17)15-10-13-6-5-9(12)14-10/h1-6H,11H2,(H3,12,13,14,15). The Balaban J connectivity index is 2.30. The highest BCUT2D eigenvalue weighted by atomic mass is 32.2. The summed E-state index contributed by atoms with van der Waals surface area (Å²) in [7, 11) is -3.73. The van der Waals surface area contributed by atoms with Gasteiger partial charge in [-0.1, -0.05) is 0 Å². The largest absolute Gasteiger partial charge is 0.399 e. The third-order valence-corrected chi connectivity index (χ3v) is 3.44. The topological polar surface area (TPSA) is 124 Å². The van der Waals surface area contributed by atoms with Crippen molar-refractivity contribution in [2.75, 3.05) is 16.2 Å². The predicted octanol–water partition coefficient (Wildman–Crippen LogP) is 0.442. The summed E-state index contributed by atoms with van der Waals surface area (Å²) >= 11 is 0. The lowest BCUT2D eigenvalue weighted by Crippen LogP contribution is -2.15. The number of aromatic nitrogens is 2. The van der Waals surface area contributed by atoms with Crippen molar-refractivity contribution in [3.63, 3.8) is 0 Å². The number of sulfonamides is 1. The van der Waals surface area contributed by atoms with Crippen LogP contribution in [0.2, 0.25) is 0 Å². The molecule has 0 radical (unpaired) electrons. The first-order valence-corrected chi connectivity index (χ1v) is 6.42. The molecule has 1 heterocycles. The van der Waals surface area contributed by atoms with Gasteiger partial charge >= 0.3 is 0 Å². The summed E-state index contributed by atoms with van der Waals surface area (Å²) in [6.07, 6.45) is 1.36. The second kappa shape index (κ2) is 4.49. The number of nitrogen functional groups attached to an aromatic ring is 2. The Bertz CT molecular complexity index is 654. The van der Waals surface area contributed by atoms with Gasteiger partial charge in [-0.05, 0) is 30.3 Å². The van der Waals surface area contributed by atoms with Crippen LogP contribution in [0.1, 0.15) is 0 Å². The number of nitrogens with one attached hydrogen (secondary N) is 1. The number of benzene rings is 1. The minimum Gasteiger partial charge on any atom is -0.399 e. The van der Waals surface area contributed by atoms with E-state index in [-0.39, 0.29) is 16.7 Å². The zero-order chi connectivity index (χ0) is 13.2. The molecule has 2 rings (SSSR count). The first kappa shape index (κ1) is 12.1. The molecular weight excluding hydrogens is 254 g/mol. The van der Waals surface area contributed by atoms with Gasteiger partial charge in [0.15, 0.2) is 0 Å². The zero-order valence-corrected chi connectivity index (χ0v) is 10.1. The zero-order valence-electron chi connectivity index (χ0n) is 9.24. The number of hydrogen-bond acceptors (Lipinski definition) is 6. The average molecular weight is 265 g/mol. The molecule has 0 bridgehead atoms. The first-order valence-electron chi connectivity index (χ1n) is 4.94. The van der Waals surface area contributed by atoms with Crippen LogP contribution in [0.5, 0.6) is 0 Å². The Morgan fingerprint density at radius 3 is 2.33 bits per heavy atom. The van der Waals surface area contributed by atoms with Gasteiger partial charge in [0.2, 0.25) is 5.95 Å². The number of nitrogens with zero attached hydrogens (tertiary/aromatic N) is 2. The first-order chi connectivity index (χ1) is 8.47. The molecule has 0 aliphatic rings. The van der Waals surface area contributed by atoms with Crippen LogP contribution in [0.3, 0.4) is 0 Å². The van der Waals surface area contributed by atoms with Crippen molar-refractivity contribution < 1.29 is 8.42 Å². The Morgan fingerprint density at radius 2 is 1.72 bits per heavy atom. The van der Waals surface area contributed by atoms with Crippen molar-refractivity contribution in [3.05, 3.63) is 36.5 Å².